The fourth-order valence-electron chi connectivity index (χ4n) is 3.26. The molecule has 1 heterocycles. The Morgan fingerprint density at radius 2 is 1.67 bits per heavy atom. The second-order valence-corrected chi connectivity index (χ2v) is 6.87. The lowest BCUT2D eigenvalue weighted by atomic mass is 10.1. The van der Waals surface area contributed by atoms with Crippen LogP contribution in [0.5, 0.6) is 0 Å². The topological polar surface area (TPSA) is 103 Å². The minimum absolute atomic E-state index is 0.263. The molecule has 7 heteroatoms. The predicted molar refractivity (Wildman–Crippen MR) is 113 cm³/mol. The highest BCUT2D eigenvalue weighted by Gasteiger charge is 2.18. The Labute approximate surface area is 174 Å². The van der Waals surface area contributed by atoms with Crippen LogP contribution in [0.25, 0.3) is 5.69 Å². The summed E-state index contributed by atoms with van der Waals surface area (Å²) in [6.07, 6.45) is 0. The normalized spacial score (nSPS) is 10.5. The van der Waals surface area contributed by atoms with Crippen LogP contribution >= 0.6 is 0 Å². The van der Waals surface area contributed by atoms with Gasteiger partial charge in [-0.2, -0.15) is 0 Å². The van der Waals surface area contributed by atoms with Crippen molar-refractivity contribution < 1.29 is 19.1 Å². The molecule has 7 nitrogen and oxygen atoms in total. The number of nitrogens with one attached hydrogen (secondary N) is 1. The average molecular weight is 405 g/mol. The van der Waals surface area contributed by atoms with E-state index in [4.69, 9.17) is 10.5 Å². The number of nitrogens with zero attached hydrogens (tertiary/aromatic N) is 1. The molecule has 2 aromatic carbocycles. The molecule has 3 rings (SSSR count). The summed E-state index contributed by atoms with van der Waals surface area (Å²) < 4.78 is 7.20. The number of hydrogen-bond donors (Lipinski definition) is 2. The summed E-state index contributed by atoms with van der Waals surface area (Å²) in [5.74, 6) is -0.851. The lowest BCUT2D eigenvalue weighted by Crippen LogP contribution is -2.28. The second kappa shape index (κ2) is 9.09. The van der Waals surface area contributed by atoms with Crippen LogP contribution in [0.2, 0.25) is 0 Å². The van der Waals surface area contributed by atoms with Gasteiger partial charge in [-0.15, -0.1) is 0 Å². The molecule has 2 amide bonds. The molecule has 0 spiro atoms. The summed E-state index contributed by atoms with van der Waals surface area (Å²) in [6.45, 7) is 3.72. The number of primary amides is 1. The summed E-state index contributed by atoms with van der Waals surface area (Å²) in [4.78, 5) is 35.7. The van der Waals surface area contributed by atoms with E-state index in [9.17, 15) is 14.4 Å². The summed E-state index contributed by atoms with van der Waals surface area (Å²) in [5.41, 5.74) is 9.35. The molecular formula is C23H23N3O4. The van der Waals surface area contributed by atoms with Crippen LogP contribution < -0.4 is 11.1 Å². The zero-order chi connectivity index (χ0) is 21.7. The standard InChI is InChI=1S/C23H23N3O4/c1-15-12-20(16(2)26(15)19-6-4-3-5-7-19)21(27)14-30-22(28)18-10-8-17(9-11-18)13-25-23(24)29/h3-12H,13-14H2,1-2H3,(H3,24,25,29). The van der Waals surface area contributed by atoms with Crippen LogP contribution in [-0.2, 0) is 11.3 Å². The number of nitrogens with two attached hydrogens (primary N) is 1. The molecule has 0 saturated carbocycles. The number of urea groups is 1. The summed E-state index contributed by atoms with van der Waals surface area (Å²) in [6, 6.07) is 17.4. The van der Waals surface area contributed by atoms with Crippen molar-refractivity contribution in [3.8, 4) is 5.69 Å². The molecule has 0 saturated heterocycles. The van der Waals surface area contributed by atoms with E-state index in [0.717, 1.165) is 22.6 Å². The summed E-state index contributed by atoms with van der Waals surface area (Å²) in [7, 11) is 0. The number of para-hydroxylation sites is 1. The van der Waals surface area contributed by atoms with E-state index in [-0.39, 0.29) is 18.9 Å². The first-order valence-electron chi connectivity index (χ1n) is 9.43. The molecule has 0 atom stereocenters. The monoisotopic (exact) mass is 405 g/mol. The van der Waals surface area contributed by atoms with Gasteiger partial charge in [0.1, 0.15) is 0 Å². The molecule has 0 aliphatic heterocycles. The van der Waals surface area contributed by atoms with E-state index < -0.39 is 12.0 Å². The Balaban J connectivity index is 1.64. The van der Waals surface area contributed by atoms with Gasteiger partial charge in [0.15, 0.2) is 6.61 Å². The molecule has 30 heavy (non-hydrogen) atoms. The second-order valence-electron chi connectivity index (χ2n) is 6.87. The maximum absolute atomic E-state index is 12.7. The third-order valence-corrected chi connectivity index (χ3v) is 4.74. The fraction of sp³-hybridized carbons (Fsp3) is 0.174. The maximum atomic E-state index is 12.7. The summed E-state index contributed by atoms with van der Waals surface area (Å²) >= 11 is 0. The molecule has 0 aliphatic carbocycles. The Morgan fingerprint density at radius 3 is 2.30 bits per heavy atom. The third kappa shape index (κ3) is 4.75. The number of carbonyl (C=O) groups excluding carboxylic acids is 3. The van der Waals surface area contributed by atoms with E-state index in [2.05, 4.69) is 5.32 Å². The summed E-state index contributed by atoms with van der Waals surface area (Å²) in [5, 5.41) is 2.47. The van der Waals surface area contributed by atoms with Crippen molar-refractivity contribution in [1.82, 2.24) is 9.88 Å². The largest absolute Gasteiger partial charge is 0.454 e. The van der Waals surface area contributed by atoms with Crippen LogP contribution in [0.1, 0.15) is 37.7 Å². The molecule has 0 fully saturated rings. The Bertz CT molecular complexity index is 1070. The van der Waals surface area contributed by atoms with Crippen LogP contribution in [0, 0.1) is 13.8 Å². The molecule has 3 aromatic rings. The van der Waals surface area contributed by atoms with E-state index in [1.165, 1.54) is 0 Å². The predicted octanol–water partition coefficient (Wildman–Crippen LogP) is 3.30. The number of aryl methyl sites for hydroxylation is 1. The number of ketones is 1. The number of aromatic nitrogens is 1. The lowest BCUT2D eigenvalue weighted by Gasteiger charge is -2.10. The molecule has 0 unspecified atom stereocenters. The van der Waals surface area contributed by atoms with E-state index in [1.54, 1.807) is 30.3 Å². The zero-order valence-electron chi connectivity index (χ0n) is 16.8. The van der Waals surface area contributed by atoms with Crippen molar-refractivity contribution in [1.29, 1.82) is 0 Å². The molecule has 0 aliphatic rings. The SMILES string of the molecule is Cc1cc(C(=O)COC(=O)c2ccc(CNC(N)=O)cc2)c(C)n1-c1ccccc1. The fourth-order valence-corrected chi connectivity index (χ4v) is 3.26. The van der Waals surface area contributed by atoms with Crippen LogP contribution in [-0.4, -0.2) is 29.0 Å². The smallest absolute Gasteiger partial charge is 0.338 e. The molecule has 0 radical (unpaired) electrons. The highest BCUT2D eigenvalue weighted by molar-refractivity contribution is 6.00. The van der Waals surface area contributed by atoms with Crippen LogP contribution in [0.4, 0.5) is 4.79 Å². The van der Waals surface area contributed by atoms with Crippen LogP contribution in [0.15, 0.2) is 60.7 Å². The minimum Gasteiger partial charge on any atom is -0.454 e. The Hall–Kier alpha value is -3.87. The van der Waals surface area contributed by atoms with Crippen molar-refractivity contribution in [2.45, 2.75) is 20.4 Å². The van der Waals surface area contributed by atoms with Gasteiger partial charge in [0, 0.05) is 29.2 Å². The van der Waals surface area contributed by atoms with Crippen molar-refractivity contribution >= 4 is 17.8 Å². The zero-order valence-corrected chi connectivity index (χ0v) is 16.8. The first-order valence-corrected chi connectivity index (χ1v) is 9.43. The highest BCUT2D eigenvalue weighted by atomic mass is 16.5. The molecular weight excluding hydrogens is 382 g/mol. The van der Waals surface area contributed by atoms with Crippen molar-refractivity contribution in [3.63, 3.8) is 0 Å². The van der Waals surface area contributed by atoms with E-state index >= 15 is 0 Å². The van der Waals surface area contributed by atoms with Crippen molar-refractivity contribution in [2.24, 2.45) is 5.73 Å². The minimum atomic E-state index is -0.622. The van der Waals surface area contributed by atoms with E-state index in [1.807, 2.05) is 48.7 Å². The van der Waals surface area contributed by atoms with Crippen molar-refractivity contribution in [2.75, 3.05) is 6.61 Å². The first-order chi connectivity index (χ1) is 14.4. The number of amides is 2. The Kier molecular flexibility index (Phi) is 6.32. The van der Waals surface area contributed by atoms with Gasteiger partial charge in [-0.3, -0.25) is 4.79 Å². The van der Waals surface area contributed by atoms with Gasteiger partial charge in [-0.25, -0.2) is 9.59 Å². The quantitative estimate of drug-likeness (QED) is 0.465. The number of Topliss-reactive ketones (excluding diaryl/α,β-unsaturated/α-hetero) is 1. The average Bonchev–Trinajstić information content (AvgIpc) is 3.05. The molecule has 1 aromatic heterocycles. The molecule has 0 bridgehead atoms. The molecule has 3 N–H and O–H groups in total. The van der Waals surface area contributed by atoms with Gasteiger partial charge < -0.3 is 20.4 Å². The van der Waals surface area contributed by atoms with Crippen LogP contribution in [0.3, 0.4) is 0 Å². The number of rotatable bonds is 7. The Morgan fingerprint density at radius 1 is 1.00 bits per heavy atom. The van der Waals surface area contributed by atoms with Crippen molar-refractivity contribution in [3.05, 3.63) is 88.7 Å². The van der Waals surface area contributed by atoms with Gasteiger partial charge in [0.05, 0.1) is 5.56 Å². The van der Waals surface area contributed by atoms with Gasteiger partial charge in [-0.05, 0) is 49.7 Å². The highest BCUT2D eigenvalue weighted by Crippen LogP contribution is 2.21. The number of hydrogen-bond acceptors (Lipinski definition) is 4. The van der Waals surface area contributed by atoms with Gasteiger partial charge in [0.2, 0.25) is 5.78 Å². The van der Waals surface area contributed by atoms with Gasteiger partial charge in [-0.1, -0.05) is 30.3 Å². The number of ether oxygens (including phenoxy) is 1. The van der Waals surface area contributed by atoms with Gasteiger partial charge in [0.25, 0.3) is 0 Å². The number of carbonyl (C=O) groups is 3. The number of esters is 1. The van der Waals surface area contributed by atoms with E-state index in [0.29, 0.717) is 11.1 Å². The van der Waals surface area contributed by atoms with Gasteiger partial charge >= 0.3 is 12.0 Å². The number of benzene rings is 2. The lowest BCUT2D eigenvalue weighted by molar-refractivity contribution is 0.0474. The maximum Gasteiger partial charge on any atom is 0.338 e. The first kappa shape index (κ1) is 20.9. The molecule has 154 valence electrons. The third-order valence-electron chi connectivity index (χ3n) is 4.74.